The molecule has 0 fully saturated rings. The van der Waals surface area contributed by atoms with Crippen molar-refractivity contribution < 1.29 is 13.7 Å². The van der Waals surface area contributed by atoms with E-state index < -0.39 is 22.6 Å². The largest absolute Gasteiger partial charge is 0.377 e. The Kier molecular flexibility index (Phi) is 4.32. The van der Waals surface area contributed by atoms with Crippen molar-refractivity contribution in [2.45, 2.75) is 13.0 Å². The van der Waals surface area contributed by atoms with Crippen LogP contribution in [0.5, 0.6) is 0 Å². The quantitative estimate of drug-likeness (QED) is 0.686. The van der Waals surface area contributed by atoms with Gasteiger partial charge in [-0.3, -0.25) is 10.1 Å². The lowest BCUT2D eigenvalue weighted by atomic mass is 10.1. The zero-order valence-electron chi connectivity index (χ0n) is 11.5. The van der Waals surface area contributed by atoms with Crippen molar-refractivity contribution in [2.75, 3.05) is 5.32 Å². The molecule has 5 nitrogen and oxygen atoms in total. The van der Waals surface area contributed by atoms with Crippen molar-refractivity contribution in [1.82, 2.24) is 0 Å². The van der Waals surface area contributed by atoms with E-state index in [-0.39, 0.29) is 11.3 Å². The first kappa shape index (κ1) is 15.4. The van der Waals surface area contributed by atoms with Gasteiger partial charge in [0.15, 0.2) is 11.6 Å². The topological polar surface area (TPSA) is 79.0 Å². The number of anilines is 1. The molecule has 0 amide bonds. The zero-order chi connectivity index (χ0) is 16.3. The number of nitriles is 1. The monoisotopic (exact) mass is 303 g/mol. The highest BCUT2D eigenvalue weighted by atomic mass is 19.2. The molecule has 0 aliphatic carbocycles. The molecular formula is C15H11F2N3O2. The number of nitrogens with one attached hydrogen (secondary N) is 1. The summed E-state index contributed by atoms with van der Waals surface area (Å²) in [5.74, 6) is -1.90. The van der Waals surface area contributed by atoms with E-state index >= 15 is 0 Å². The molecule has 0 unspecified atom stereocenters. The van der Waals surface area contributed by atoms with Crippen molar-refractivity contribution in [1.29, 1.82) is 5.26 Å². The minimum absolute atomic E-state index is 0.101. The molecule has 1 atom stereocenters. The van der Waals surface area contributed by atoms with Crippen molar-refractivity contribution >= 4 is 11.4 Å². The molecule has 2 aromatic carbocycles. The van der Waals surface area contributed by atoms with Crippen molar-refractivity contribution in [3.63, 3.8) is 0 Å². The van der Waals surface area contributed by atoms with Crippen LogP contribution in [0.15, 0.2) is 36.4 Å². The van der Waals surface area contributed by atoms with Crippen molar-refractivity contribution in [3.05, 3.63) is 69.3 Å². The molecular weight excluding hydrogens is 292 g/mol. The van der Waals surface area contributed by atoms with Gasteiger partial charge in [-0.1, -0.05) is 6.07 Å². The summed E-state index contributed by atoms with van der Waals surface area (Å²) in [5.41, 5.74) is 0.776. The maximum Gasteiger partial charge on any atom is 0.270 e. The van der Waals surface area contributed by atoms with E-state index in [1.807, 2.05) is 6.07 Å². The van der Waals surface area contributed by atoms with Gasteiger partial charge in [0, 0.05) is 18.2 Å². The van der Waals surface area contributed by atoms with Crippen LogP contribution in [0.3, 0.4) is 0 Å². The zero-order valence-corrected chi connectivity index (χ0v) is 11.5. The first-order valence-electron chi connectivity index (χ1n) is 6.32. The second kappa shape index (κ2) is 6.18. The number of nitro groups is 1. The fourth-order valence-corrected chi connectivity index (χ4v) is 1.96. The molecule has 0 aliphatic heterocycles. The summed E-state index contributed by atoms with van der Waals surface area (Å²) < 4.78 is 26.2. The maximum absolute atomic E-state index is 13.2. The smallest absolute Gasteiger partial charge is 0.270 e. The van der Waals surface area contributed by atoms with Crippen LogP contribution in [0.4, 0.5) is 20.2 Å². The Labute approximate surface area is 125 Å². The summed E-state index contributed by atoms with van der Waals surface area (Å²) in [6.07, 6.45) is 0. The average Bonchev–Trinajstić information content (AvgIpc) is 2.50. The van der Waals surface area contributed by atoms with E-state index in [0.717, 1.165) is 18.2 Å². The predicted octanol–water partition coefficient (Wildman–Crippen LogP) is 3.92. The molecule has 0 bridgehead atoms. The van der Waals surface area contributed by atoms with E-state index in [9.17, 15) is 18.9 Å². The van der Waals surface area contributed by atoms with Gasteiger partial charge in [0.05, 0.1) is 16.2 Å². The van der Waals surface area contributed by atoms with Crippen LogP contribution >= 0.6 is 0 Å². The number of non-ortho nitro benzene ring substituents is 1. The Morgan fingerprint density at radius 1 is 1.23 bits per heavy atom. The number of rotatable bonds is 4. The van der Waals surface area contributed by atoms with E-state index in [0.29, 0.717) is 11.3 Å². The van der Waals surface area contributed by atoms with Crippen molar-refractivity contribution in [3.8, 4) is 6.07 Å². The lowest BCUT2D eigenvalue weighted by Gasteiger charge is -2.16. The van der Waals surface area contributed by atoms with E-state index in [1.54, 1.807) is 6.92 Å². The third-order valence-corrected chi connectivity index (χ3v) is 3.15. The molecule has 0 spiro atoms. The third-order valence-electron chi connectivity index (χ3n) is 3.15. The number of hydrogen-bond acceptors (Lipinski definition) is 4. The van der Waals surface area contributed by atoms with Gasteiger partial charge in [0.25, 0.3) is 5.69 Å². The van der Waals surface area contributed by atoms with Gasteiger partial charge < -0.3 is 5.32 Å². The maximum atomic E-state index is 13.2. The molecule has 0 aliphatic rings. The van der Waals surface area contributed by atoms with Crippen LogP contribution in [0.1, 0.15) is 24.1 Å². The minimum Gasteiger partial charge on any atom is -0.377 e. The van der Waals surface area contributed by atoms with Crippen LogP contribution in [-0.4, -0.2) is 4.92 Å². The lowest BCUT2D eigenvalue weighted by molar-refractivity contribution is -0.384. The first-order chi connectivity index (χ1) is 10.4. The fraction of sp³-hybridized carbons (Fsp3) is 0.133. The Morgan fingerprint density at radius 3 is 2.55 bits per heavy atom. The molecule has 7 heteroatoms. The number of hydrogen-bond donors (Lipinski definition) is 1. The summed E-state index contributed by atoms with van der Waals surface area (Å²) in [5, 5.41) is 22.7. The average molecular weight is 303 g/mol. The number of nitrogens with zero attached hydrogens (tertiary/aromatic N) is 2. The molecule has 1 N–H and O–H groups in total. The van der Waals surface area contributed by atoms with E-state index in [1.165, 1.54) is 18.2 Å². The van der Waals surface area contributed by atoms with Crippen LogP contribution in [0.25, 0.3) is 0 Å². The molecule has 2 aromatic rings. The number of nitro benzene ring substituents is 1. The summed E-state index contributed by atoms with van der Waals surface area (Å²) in [7, 11) is 0. The minimum atomic E-state index is -0.963. The fourth-order valence-electron chi connectivity index (χ4n) is 1.96. The standard InChI is InChI=1S/C15H11F2N3O2/c1-9(10-2-4-13(16)14(17)7-10)19-15-5-3-12(20(21)22)6-11(15)8-18/h2-7,9,19H,1H3/t9-/m1/s1. The summed E-state index contributed by atoms with van der Waals surface area (Å²) in [6, 6.07) is 8.78. The summed E-state index contributed by atoms with van der Waals surface area (Å²) >= 11 is 0. The second-order valence-corrected chi connectivity index (χ2v) is 4.64. The van der Waals surface area contributed by atoms with Crippen LogP contribution in [0, 0.1) is 33.1 Å². The van der Waals surface area contributed by atoms with Gasteiger partial charge in [-0.2, -0.15) is 5.26 Å². The van der Waals surface area contributed by atoms with E-state index in [2.05, 4.69) is 5.32 Å². The van der Waals surface area contributed by atoms with Gasteiger partial charge in [0.1, 0.15) is 6.07 Å². The summed E-state index contributed by atoms with van der Waals surface area (Å²) in [4.78, 5) is 10.1. The van der Waals surface area contributed by atoms with Crippen molar-refractivity contribution in [2.24, 2.45) is 0 Å². The number of benzene rings is 2. The first-order valence-corrected chi connectivity index (χ1v) is 6.32. The van der Waals surface area contributed by atoms with Gasteiger partial charge in [0.2, 0.25) is 0 Å². The van der Waals surface area contributed by atoms with Crippen LogP contribution < -0.4 is 5.32 Å². The predicted molar refractivity (Wildman–Crippen MR) is 76.2 cm³/mol. The van der Waals surface area contributed by atoms with Gasteiger partial charge in [-0.05, 0) is 30.7 Å². The Bertz CT molecular complexity index is 772. The summed E-state index contributed by atoms with van der Waals surface area (Å²) in [6.45, 7) is 1.70. The molecule has 2 rings (SSSR count). The van der Waals surface area contributed by atoms with E-state index in [4.69, 9.17) is 5.26 Å². The molecule has 0 saturated carbocycles. The lowest BCUT2D eigenvalue weighted by Crippen LogP contribution is -2.08. The van der Waals surface area contributed by atoms with Gasteiger partial charge >= 0.3 is 0 Å². The Balaban J connectivity index is 2.28. The van der Waals surface area contributed by atoms with Gasteiger partial charge in [-0.25, -0.2) is 8.78 Å². The Hall–Kier alpha value is -3.01. The Morgan fingerprint density at radius 2 is 1.95 bits per heavy atom. The molecule has 0 saturated heterocycles. The number of halogens is 2. The molecule has 112 valence electrons. The highest BCUT2D eigenvalue weighted by Gasteiger charge is 2.14. The highest BCUT2D eigenvalue weighted by molar-refractivity contribution is 5.62. The highest BCUT2D eigenvalue weighted by Crippen LogP contribution is 2.26. The normalized spacial score (nSPS) is 11.5. The SMILES string of the molecule is C[C@@H](Nc1ccc([N+](=O)[O-])cc1C#N)c1ccc(F)c(F)c1. The molecule has 0 aromatic heterocycles. The molecule has 22 heavy (non-hydrogen) atoms. The molecule has 0 radical (unpaired) electrons. The van der Waals surface area contributed by atoms with Crippen LogP contribution in [0.2, 0.25) is 0 Å². The van der Waals surface area contributed by atoms with Gasteiger partial charge in [-0.15, -0.1) is 0 Å². The second-order valence-electron chi connectivity index (χ2n) is 4.64. The third kappa shape index (κ3) is 3.17. The van der Waals surface area contributed by atoms with Crippen LogP contribution in [-0.2, 0) is 0 Å². The molecule has 0 heterocycles.